The van der Waals surface area contributed by atoms with Crippen LogP contribution in [-0.4, -0.2) is 25.2 Å². The van der Waals surface area contributed by atoms with Crippen LogP contribution in [0, 0.1) is 0 Å². The van der Waals surface area contributed by atoms with Crippen molar-refractivity contribution in [2.45, 2.75) is 32.6 Å². The molecule has 0 saturated carbocycles. The molecule has 2 rings (SSSR count). The Labute approximate surface area is 165 Å². The van der Waals surface area contributed by atoms with Crippen molar-refractivity contribution >= 4 is 29.3 Å². The van der Waals surface area contributed by atoms with Crippen LogP contribution in [0.2, 0.25) is 5.02 Å². The molecule has 2 amide bonds. The van der Waals surface area contributed by atoms with Crippen molar-refractivity contribution in [3.63, 3.8) is 0 Å². The van der Waals surface area contributed by atoms with E-state index in [1.165, 1.54) is 5.56 Å². The molecular formula is C21H25ClN2O3. The van der Waals surface area contributed by atoms with Gasteiger partial charge < -0.3 is 10.1 Å². The minimum absolute atomic E-state index is 0.00834. The van der Waals surface area contributed by atoms with Crippen LogP contribution in [0.4, 0.5) is 10.5 Å². The lowest BCUT2D eigenvalue weighted by molar-refractivity contribution is -0.121. The second kappa shape index (κ2) is 10.6. The molecule has 144 valence electrons. The summed E-state index contributed by atoms with van der Waals surface area (Å²) in [6, 6.07) is 15.1. The van der Waals surface area contributed by atoms with Gasteiger partial charge in [-0.15, -0.1) is 0 Å². The van der Waals surface area contributed by atoms with Gasteiger partial charge in [0.15, 0.2) is 0 Å². The first-order valence-corrected chi connectivity index (χ1v) is 9.41. The van der Waals surface area contributed by atoms with Gasteiger partial charge in [-0.25, -0.2) is 4.79 Å². The highest BCUT2D eigenvalue weighted by atomic mass is 35.5. The summed E-state index contributed by atoms with van der Waals surface area (Å²) >= 11 is 6.15. The molecular weight excluding hydrogens is 364 g/mol. The van der Waals surface area contributed by atoms with Crippen LogP contribution < -0.4 is 10.6 Å². The predicted molar refractivity (Wildman–Crippen MR) is 108 cm³/mol. The van der Waals surface area contributed by atoms with Gasteiger partial charge in [-0.3, -0.25) is 10.1 Å². The topological polar surface area (TPSA) is 67.4 Å². The van der Waals surface area contributed by atoms with Gasteiger partial charge in [-0.1, -0.05) is 55.8 Å². The Hall–Kier alpha value is -2.53. The number of carbonyl (C=O) groups is 2. The zero-order valence-corrected chi connectivity index (χ0v) is 16.4. The summed E-state index contributed by atoms with van der Waals surface area (Å²) in [4.78, 5) is 23.8. The van der Waals surface area contributed by atoms with Gasteiger partial charge in [-0.05, 0) is 41.7 Å². The predicted octanol–water partition coefficient (Wildman–Crippen LogP) is 4.76. The van der Waals surface area contributed by atoms with E-state index in [1.807, 2.05) is 55.5 Å². The highest BCUT2D eigenvalue weighted by molar-refractivity contribution is 6.31. The van der Waals surface area contributed by atoms with Crippen LogP contribution in [0.15, 0.2) is 48.5 Å². The summed E-state index contributed by atoms with van der Waals surface area (Å²) < 4.78 is 5.08. The van der Waals surface area contributed by atoms with E-state index in [-0.39, 0.29) is 25.0 Å². The molecule has 6 heteroatoms. The van der Waals surface area contributed by atoms with Crippen molar-refractivity contribution < 1.29 is 14.3 Å². The highest BCUT2D eigenvalue weighted by Gasteiger charge is 2.13. The van der Waals surface area contributed by atoms with Gasteiger partial charge in [0.25, 0.3) is 0 Å². The molecule has 27 heavy (non-hydrogen) atoms. The summed E-state index contributed by atoms with van der Waals surface area (Å²) in [6.45, 7) is 4.39. The third-order valence-electron chi connectivity index (χ3n) is 4.19. The quantitative estimate of drug-likeness (QED) is 0.640. The molecule has 2 aromatic rings. The number of rotatable bonds is 8. The average Bonchev–Trinajstić information content (AvgIpc) is 2.66. The number of anilines is 1. The Morgan fingerprint density at radius 3 is 2.48 bits per heavy atom. The zero-order chi connectivity index (χ0) is 19.6. The SMILES string of the molecule is CCc1ccc(NC(=O)OCCNC(=O)CC(C)c2ccccc2Cl)cc1. The molecule has 0 aliphatic heterocycles. The summed E-state index contributed by atoms with van der Waals surface area (Å²) in [5.74, 6) is -0.101. The molecule has 0 aliphatic rings. The summed E-state index contributed by atoms with van der Waals surface area (Å²) in [5, 5.41) is 6.06. The Morgan fingerprint density at radius 2 is 1.81 bits per heavy atom. The van der Waals surface area contributed by atoms with E-state index in [1.54, 1.807) is 0 Å². The fourth-order valence-electron chi connectivity index (χ4n) is 2.65. The molecule has 0 fully saturated rings. The van der Waals surface area contributed by atoms with E-state index in [0.29, 0.717) is 17.1 Å². The van der Waals surface area contributed by atoms with Crippen LogP contribution in [0.1, 0.15) is 37.3 Å². The maximum Gasteiger partial charge on any atom is 0.411 e. The van der Waals surface area contributed by atoms with Crippen molar-refractivity contribution in [1.29, 1.82) is 0 Å². The fourth-order valence-corrected chi connectivity index (χ4v) is 2.97. The smallest absolute Gasteiger partial charge is 0.411 e. The standard InChI is InChI=1S/C21H25ClN2O3/c1-3-16-8-10-17(11-9-16)24-21(26)27-13-12-23-20(25)14-15(2)18-6-4-5-7-19(18)22/h4-11,15H,3,12-14H2,1-2H3,(H,23,25)(H,24,26). The number of hydrogen-bond acceptors (Lipinski definition) is 3. The van der Waals surface area contributed by atoms with Crippen LogP contribution >= 0.6 is 11.6 Å². The van der Waals surface area contributed by atoms with E-state index < -0.39 is 6.09 Å². The van der Waals surface area contributed by atoms with Gasteiger partial charge >= 0.3 is 6.09 Å². The normalized spacial score (nSPS) is 11.5. The number of ether oxygens (including phenoxy) is 1. The second-order valence-corrected chi connectivity index (χ2v) is 6.70. The van der Waals surface area contributed by atoms with E-state index >= 15 is 0 Å². The molecule has 0 spiro atoms. The lowest BCUT2D eigenvalue weighted by atomic mass is 9.97. The van der Waals surface area contributed by atoms with Crippen molar-refractivity contribution in [3.05, 3.63) is 64.7 Å². The summed E-state index contributed by atoms with van der Waals surface area (Å²) in [6.07, 6.45) is 0.720. The largest absolute Gasteiger partial charge is 0.447 e. The zero-order valence-electron chi connectivity index (χ0n) is 15.6. The first-order valence-electron chi connectivity index (χ1n) is 9.03. The Kier molecular flexibility index (Phi) is 8.14. The molecule has 0 aromatic heterocycles. The Morgan fingerprint density at radius 1 is 1.11 bits per heavy atom. The number of aryl methyl sites for hydroxylation is 1. The van der Waals surface area contributed by atoms with Crippen molar-refractivity contribution in [1.82, 2.24) is 5.32 Å². The van der Waals surface area contributed by atoms with Crippen molar-refractivity contribution in [2.75, 3.05) is 18.5 Å². The minimum Gasteiger partial charge on any atom is -0.447 e. The molecule has 1 unspecified atom stereocenters. The third-order valence-corrected chi connectivity index (χ3v) is 4.54. The Bertz CT molecular complexity index is 762. The number of carbonyl (C=O) groups excluding carboxylic acids is 2. The summed E-state index contributed by atoms with van der Waals surface area (Å²) in [7, 11) is 0. The molecule has 2 aromatic carbocycles. The lowest BCUT2D eigenvalue weighted by Gasteiger charge is -2.13. The van der Waals surface area contributed by atoms with Gasteiger partial charge in [0.1, 0.15) is 6.61 Å². The number of halogens is 1. The molecule has 0 heterocycles. The molecule has 0 radical (unpaired) electrons. The highest BCUT2D eigenvalue weighted by Crippen LogP contribution is 2.26. The van der Waals surface area contributed by atoms with Gasteiger partial charge in [0.2, 0.25) is 5.91 Å². The monoisotopic (exact) mass is 388 g/mol. The van der Waals surface area contributed by atoms with Crippen LogP contribution in [0.5, 0.6) is 0 Å². The average molecular weight is 389 g/mol. The van der Waals surface area contributed by atoms with E-state index in [4.69, 9.17) is 16.3 Å². The number of nitrogens with one attached hydrogen (secondary N) is 2. The van der Waals surface area contributed by atoms with Gasteiger partial charge in [0, 0.05) is 17.1 Å². The number of hydrogen-bond donors (Lipinski definition) is 2. The van der Waals surface area contributed by atoms with Gasteiger partial charge in [-0.2, -0.15) is 0 Å². The summed E-state index contributed by atoms with van der Waals surface area (Å²) in [5.41, 5.74) is 2.82. The molecule has 5 nitrogen and oxygen atoms in total. The van der Waals surface area contributed by atoms with Gasteiger partial charge in [0.05, 0.1) is 6.54 Å². The van der Waals surface area contributed by atoms with Crippen LogP contribution in [0.3, 0.4) is 0 Å². The first-order chi connectivity index (χ1) is 13.0. The van der Waals surface area contributed by atoms with Crippen molar-refractivity contribution in [2.24, 2.45) is 0 Å². The minimum atomic E-state index is -0.544. The molecule has 0 bridgehead atoms. The maximum atomic E-state index is 12.0. The van der Waals surface area contributed by atoms with E-state index in [0.717, 1.165) is 12.0 Å². The first kappa shape index (κ1) is 20.8. The number of benzene rings is 2. The lowest BCUT2D eigenvalue weighted by Crippen LogP contribution is -2.29. The maximum absolute atomic E-state index is 12.0. The molecule has 2 N–H and O–H groups in total. The molecule has 0 aliphatic carbocycles. The fraction of sp³-hybridized carbons (Fsp3) is 0.333. The third kappa shape index (κ3) is 6.94. The van der Waals surface area contributed by atoms with Crippen LogP contribution in [0.25, 0.3) is 0 Å². The molecule has 0 saturated heterocycles. The molecule has 1 atom stereocenters. The van der Waals surface area contributed by atoms with Crippen molar-refractivity contribution in [3.8, 4) is 0 Å². The van der Waals surface area contributed by atoms with E-state index in [2.05, 4.69) is 17.6 Å². The number of amides is 2. The second-order valence-electron chi connectivity index (χ2n) is 6.29. The van der Waals surface area contributed by atoms with Crippen LogP contribution in [-0.2, 0) is 16.0 Å². The van der Waals surface area contributed by atoms with E-state index in [9.17, 15) is 9.59 Å². The Balaban J connectivity index is 1.66.